The molecule has 0 saturated heterocycles. The molecule has 1 saturated carbocycles. The summed E-state index contributed by atoms with van der Waals surface area (Å²) < 4.78 is 47.1. The largest absolute Gasteiger partial charge is 0.489 e. The molecule has 9 nitrogen and oxygen atoms in total. The number of anilines is 2. The normalized spacial score (nSPS) is 13.2. The molecule has 0 unspecified atom stereocenters. The molecule has 0 bridgehead atoms. The van der Waals surface area contributed by atoms with E-state index in [0.29, 0.717) is 16.5 Å². The molecular weight excluding hydrogens is 524 g/mol. The van der Waals surface area contributed by atoms with Gasteiger partial charge in [-0.2, -0.15) is 5.26 Å². The van der Waals surface area contributed by atoms with Crippen LogP contribution in [0.25, 0.3) is 22.3 Å². The predicted octanol–water partition coefficient (Wildman–Crippen LogP) is 3.13. The molecule has 5 rings (SSSR count). The number of nitrogens with zero attached hydrogens (tertiary/aromatic N) is 2. The van der Waals surface area contributed by atoms with Gasteiger partial charge in [0.1, 0.15) is 17.2 Å². The molecule has 3 aromatic carbocycles. The minimum Gasteiger partial charge on any atom is -0.455 e. The highest BCUT2D eigenvalue weighted by atomic mass is 32.2. The molecule has 3 N–H and O–H groups in total. The fourth-order valence-electron chi connectivity index (χ4n) is 4.70. The van der Waals surface area contributed by atoms with Crippen LogP contribution in [0.15, 0.2) is 59.0 Å². The maximum absolute atomic E-state index is 13.6. The molecule has 198 valence electrons. The van der Waals surface area contributed by atoms with Gasteiger partial charge in [0.2, 0.25) is 10.0 Å². The van der Waals surface area contributed by atoms with Crippen LogP contribution in [-0.4, -0.2) is 44.8 Å². The van der Waals surface area contributed by atoms with Gasteiger partial charge in [0, 0.05) is 24.1 Å². The Morgan fingerprint density at radius 3 is 2.41 bits per heavy atom. The van der Waals surface area contributed by atoms with Crippen molar-refractivity contribution < 1.29 is 32.1 Å². The van der Waals surface area contributed by atoms with Crippen molar-refractivity contribution >= 4 is 50.9 Å². The second-order valence-electron chi connectivity index (χ2n) is 9.36. The smallest absolute Gasteiger partial charge is 0.455 e. The highest BCUT2D eigenvalue weighted by molar-refractivity contribution is 7.92. The predicted molar refractivity (Wildman–Crippen MR) is 145 cm³/mol. The third-order valence-corrected chi connectivity index (χ3v) is 7.71. The number of carbonyl (C=O) groups is 1. The lowest BCUT2D eigenvalue weighted by atomic mass is 9.77. The molecular formula is C27H23BFN3O6S. The van der Waals surface area contributed by atoms with Crippen molar-refractivity contribution in [2.75, 3.05) is 17.6 Å². The number of rotatable bonds is 7. The first-order chi connectivity index (χ1) is 18.5. The van der Waals surface area contributed by atoms with Gasteiger partial charge >= 0.3 is 7.12 Å². The van der Waals surface area contributed by atoms with Crippen LogP contribution < -0.4 is 15.1 Å². The van der Waals surface area contributed by atoms with Gasteiger partial charge in [-0.05, 0) is 72.3 Å². The summed E-state index contributed by atoms with van der Waals surface area (Å²) in [5.41, 5.74) is 1.89. The highest BCUT2D eigenvalue weighted by Gasteiger charge is 2.34. The maximum Gasteiger partial charge on any atom is 0.489 e. The molecule has 1 amide bonds. The standard InChI is InChI=1S/C27H23BFN3O6S/c1-31-27(33)25-21-12-20(15-3-4-15)23(13-24(21)38-26(25)16-5-7-18(29)8-6-16)32(39(2,36)37)19-9-10-22(28(34)35)17(11-19)14-30/h5-13,15,34-35H,3-4H2,1-2H3,(H,31,33). The summed E-state index contributed by atoms with van der Waals surface area (Å²) in [6, 6.07) is 14.6. The fourth-order valence-corrected chi connectivity index (χ4v) is 5.71. The van der Waals surface area contributed by atoms with Crippen LogP contribution in [0.3, 0.4) is 0 Å². The summed E-state index contributed by atoms with van der Waals surface area (Å²) in [6.45, 7) is 0. The lowest BCUT2D eigenvalue weighted by Gasteiger charge is -2.26. The Labute approximate surface area is 224 Å². The first-order valence-corrected chi connectivity index (χ1v) is 13.9. The van der Waals surface area contributed by atoms with Gasteiger partial charge in [-0.25, -0.2) is 17.1 Å². The van der Waals surface area contributed by atoms with Crippen LogP contribution in [-0.2, 0) is 10.0 Å². The van der Waals surface area contributed by atoms with Gasteiger partial charge in [-0.15, -0.1) is 0 Å². The van der Waals surface area contributed by atoms with Crippen molar-refractivity contribution in [2.45, 2.75) is 18.8 Å². The first kappa shape index (κ1) is 26.4. The number of furan rings is 1. The van der Waals surface area contributed by atoms with E-state index in [2.05, 4.69) is 5.32 Å². The minimum absolute atomic E-state index is 0.0318. The number of benzene rings is 3. The number of hydrogen-bond acceptors (Lipinski definition) is 7. The Hall–Kier alpha value is -4.18. The van der Waals surface area contributed by atoms with Crippen molar-refractivity contribution in [1.29, 1.82) is 5.26 Å². The second kappa shape index (κ2) is 9.85. The first-order valence-electron chi connectivity index (χ1n) is 12.0. The summed E-state index contributed by atoms with van der Waals surface area (Å²) in [4.78, 5) is 13.0. The molecule has 1 aromatic heterocycles. The molecule has 0 atom stereocenters. The summed E-state index contributed by atoms with van der Waals surface area (Å²) in [7, 11) is -4.40. The van der Waals surface area contributed by atoms with Crippen LogP contribution in [0.2, 0.25) is 0 Å². The van der Waals surface area contributed by atoms with Gasteiger partial charge in [-0.3, -0.25) is 4.79 Å². The Kier molecular flexibility index (Phi) is 6.68. The van der Waals surface area contributed by atoms with E-state index < -0.39 is 28.9 Å². The summed E-state index contributed by atoms with van der Waals surface area (Å²) in [5.74, 6) is -0.624. The van der Waals surface area contributed by atoms with Crippen molar-refractivity contribution in [3.05, 3.63) is 77.1 Å². The second-order valence-corrected chi connectivity index (χ2v) is 11.2. The van der Waals surface area contributed by atoms with Crippen LogP contribution in [0.1, 0.15) is 40.2 Å². The van der Waals surface area contributed by atoms with Gasteiger partial charge < -0.3 is 19.8 Å². The van der Waals surface area contributed by atoms with E-state index in [9.17, 15) is 32.9 Å². The molecule has 39 heavy (non-hydrogen) atoms. The molecule has 1 aliphatic carbocycles. The quantitative estimate of drug-likeness (QED) is 0.302. The zero-order valence-corrected chi connectivity index (χ0v) is 21.8. The Bertz CT molecular complexity index is 1760. The van der Waals surface area contributed by atoms with Crippen molar-refractivity contribution in [2.24, 2.45) is 0 Å². The monoisotopic (exact) mass is 547 g/mol. The Morgan fingerprint density at radius 2 is 1.85 bits per heavy atom. The van der Waals surface area contributed by atoms with Gasteiger partial charge in [0.15, 0.2) is 0 Å². The number of halogens is 1. The Balaban J connectivity index is 1.79. The van der Waals surface area contributed by atoms with E-state index in [1.165, 1.54) is 49.5 Å². The zero-order chi connectivity index (χ0) is 28.1. The average molecular weight is 547 g/mol. The van der Waals surface area contributed by atoms with E-state index in [1.807, 2.05) is 6.07 Å². The lowest BCUT2D eigenvalue weighted by Crippen LogP contribution is -2.33. The number of nitrogens with one attached hydrogen (secondary N) is 1. The van der Waals surface area contributed by atoms with Gasteiger partial charge in [-0.1, -0.05) is 6.07 Å². The van der Waals surface area contributed by atoms with Crippen LogP contribution in [0.5, 0.6) is 0 Å². The number of carbonyl (C=O) groups excluding carboxylic acids is 1. The number of fused-ring (bicyclic) bond motifs is 1. The molecule has 1 fully saturated rings. The summed E-state index contributed by atoms with van der Waals surface area (Å²) >= 11 is 0. The van der Waals surface area contributed by atoms with E-state index in [1.54, 1.807) is 12.1 Å². The van der Waals surface area contributed by atoms with Gasteiger partial charge in [0.25, 0.3) is 5.91 Å². The van der Waals surface area contributed by atoms with E-state index >= 15 is 0 Å². The molecule has 1 aliphatic rings. The van der Waals surface area contributed by atoms with Crippen LogP contribution in [0.4, 0.5) is 15.8 Å². The Morgan fingerprint density at radius 1 is 1.15 bits per heavy atom. The summed E-state index contributed by atoms with van der Waals surface area (Å²) in [5, 5.41) is 31.8. The van der Waals surface area contributed by atoms with E-state index in [0.717, 1.165) is 23.4 Å². The van der Waals surface area contributed by atoms with Crippen LogP contribution >= 0.6 is 0 Å². The third kappa shape index (κ3) is 4.88. The minimum atomic E-state index is -3.97. The molecule has 0 aliphatic heterocycles. The summed E-state index contributed by atoms with van der Waals surface area (Å²) in [6.07, 6.45) is 2.65. The van der Waals surface area contributed by atoms with E-state index in [4.69, 9.17) is 4.42 Å². The number of sulfonamides is 1. The molecule has 0 spiro atoms. The van der Waals surface area contributed by atoms with Crippen molar-refractivity contribution in [3.63, 3.8) is 0 Å². The maximum atomic E-state index is 13.6. The van der Waals surface area contributed by atoms with Crippen LogP contribution in [0, 0.1) is 17.1 Å². The van der Waals surface area contributed by atoms with Crippen molar-refractivity contribution in [3.8, 4) is 17.4 Å². The molecule has 4 aromatic rings. The lowest BCUT2D eigenvalue weighted by molar-refractivity contribution is 0.0964. The molecule has 1 heterocycles. The number of hydrogen-bond donors (Lipinski definition) is 3. The number of nitriles is 1. The number of amides is 1. The van der Waals surface area contributed by atoms with Gasteiger partial charge in [0.05, 0.1) is 34.8 Å². The SMILES string of the molecule is CNC(=O)c1c(-c2ccc(F)cc2)oc2cc(N(c3ccc(B(O)O)c(C#N)c3)S(C)(=O)=O)c(C3CC3)cc12. The highest BCUT2D eigenvalue weighted by Crippen LogP contribution is 2.49. The zero-order valence-electron chi connectivity index (χ0n) is 21.0. The third-order valence-electron chi connectivity index (χ3n) is 6.64. The topological polar surface area (TPSA) is 144 Å². The fraction of sp³-hybridized carbons (Fsp3) is 0.185. The molecule has 12 heteroatoms. The average Bonchev–Trinajstić information content (AvgIpc) is 3.67. The van der Waals surface area contributed by atoms with E-state index in [-0.39, 0.29) is 45.2 Å². The van der Waals surface area contributed by atoms with Crippen molar-refractivity contribution in [1.82, 2.24) is 5.32 Å². The molecule has 0 radical (unpaired) electrons.